The van der Waals surface area contributed by atoms with Gasteiger partial charge in [-0.3, -0.25) is 4.68 Å². The van der Waals surface area contributed by atoms with Gasteiger partial charge in [-0.25, -0.2) is 4.79 Å². The number of nitrogens with one attached hydrogen (secondary N) is 2. The lowest BCUT2D eigenvalue weighted by molar-refractivity contribution is -0.142. The van der Waals surface area contributed by atoms with Crippen molar-refractivity contribution in [2.75, 3.05) is 6.61 Å². The first kappa shape index (κ1) is 19.3. The van der Waals surface area contributed by atoms with Gasteiger partial charge in [0.2, 0.25) is 0 Å². The van der Waals surface area contributed by atoms with Crippen molar-refractivity contribution < 1.29 is 23.1 Å². The molecule has 0 aliphatic carbocycles. The second-order valence-electron chi connectivity index (χ2n) is 6.65. The minimum atomic E-state index is -4.57. The summed E-state index contributed by atoms with van der Waals surface area (Å²) in [6, 6.07) is -1.10. The number of carbonyl (C=O) groups is 1. The lowest BCUT2D eigenvalue weighted by Crippen LogP contribution is -2.45. The van der Waals surface area contributed by atoms with Gasteiger partial charge in [0.05, 0.1) is 12.6 Å². The highest BCUT2D eigenvalue weighted by molar-refractivity contribution is 5.74. The number of aliphatic hydroxyl groups is 1. The van der Waals surface area contributed by atoms with Crippen molar-refractivity contribution in [1.29, 1.82) is 0 Å². The van der Waals surface area contributed by atoms with Gasteiger partial charge in [-0.2, -0.15) is 18.3 Å². The maximum absolute atomic E-state index is 12.8. The van der Waals surface area contributed by atoms with Crippen LogP contribution in [0.2, 0.25) is 0 Å². The minimum absolute atomic E-state index is 0.104. The van der Waals surface area contributed by atoms with Crippen molar-refractivity contribution in [2.45, 2.75) is 46.0 Å². The van der Waals surface area contributed by atoms with Gasteiger partial charge >= 0.3 is 12.2 Å². The molecule has 9 heteroatoms. The van der Waals surface area contributed by atoms with Crippen LogP contribution in [0.4, 0.5) is 18.0 Å². The van der Waals surface area contributed by atoms with E-state index in [1.807, 2.05) is 20.8 Å². The number of carbonyl (C=O) groups excluding carboxylic acids is 1. The van der Waals surface area contributed by atoms with Gasteiger partial charge in [-0.1, -0.05) is 20.8 Å². The highest BCUT2D eigenvalue weighted by Crippen LogP contribution is 2.30. The molecule has 23 heavy (non-hydrogen) atoms. The SMILES string of the molecule is Cn1cc(CNC(=O)NC(CO)CC(C)(C)C)c(C(F)(F)F)n1. The molecule has 1 aromatic rings. The topological polar surface area (TPSA) is 79.2 Å². The van der Waals surface area contributed by atoms with Crippen molar-refractivity contribution in [3.8, 4) is 0 Å². The van der Waals surface area contributed by atoms with Crippen LogP contribution in [0.15, 0.2) is 6.20 Å². The number of hydrogen-bond donors (Lipinski definition) is 3. The van der Waals surface area contributed by atoms with E-state index in [0.29, 0.717) is 6.42 Å². The van der Waals surface area contributed by atoms with Gasteiger partial charge < -0.3 is 15.7 Å². The van der Waals surface area contributed by atoms with Crippen molar-refractivity contribution in [1.82, 2.24) is 20.4 Å². The van der Waals surface area contributed by atoms with Gasteiger partial charge in [0.1, 0.15) is 0 Å². The fraction of sp³-hybridized carbons (Fsp3) is 0.714. The first-order chi connectivity index (χ1) is 10.4. The molecule has 1 unspecified atom stereocenters. The second-order valence-corrected chi connectivity index (χ2v) is 6.65. The van der Waals surface area contributed by atoms with Crippen LogP contribution in [0.25, 0.3) is 0 Å². The molecule has 0 radical (unpaired) electrons. The molecule has 6 nitrogen and oxygen atoms in total. The predicted molar refractivity (Wildman–Crippen MR) is 78.5 cm³/mol. The van der Waals surface area contributed by atoms with E-state index in [9.17, 15) is 23.1 Å². The molecule has 0 saturated carbocycles. The number of alkyl halides is 3. The second kappa shape index (κ2) is 7.20. The van der Waals surface area contributed by atoms with Crippen molar-refractivity contribution in [3.05, 3.63) is 17.5 Å². The molecule has 2 amide bonds. The molecular formula is C14H23F3N4O2. The lowest BCUT2D eigenvalue weighted by Gasteiger charge is -2.25. The molecule has 0 spiro atoms. The van der Waals surface area contributed by atoms with Crippen LogP contribution in [-0.2, 0) is 19.8 Å². The van der Waals surface area contributed by atoms with Crippen LogP contribution in [-0.4, -0.2) is 33.6 Å². The molecule has 1 atom stereocenters. The molecule has 0 aliphatic rings. The Morgan fingerprint density at radius 3 is 2.48 bits per heavy atom. The van der Waals surface area contributed by atoms with Crippen LogP contribution >= 0.6 is 0 Å². The maximum atomic E-state index is 12.8. The zero-order chi connectivity index (χ0) is 17.8. The van der Waals surface area contributed by atoms with E-state index in [1.54, 1.807) is 0 Å². The van der Waals surface area contributed by atoms with Crippen molar-refractivity contribution in [3.63, 3.8) is 0 Å². The summed E-state index contributed by atoms with van der Waals surface area (Å²) in [4.78, 5) is 11.8. The Morgan fingerprint density at radius 2 is 2.00 bits per heavy atom. The standard InChI is InChI=1S/C14H23F3N4O2/c1-13(2,3)5-10(8-22)19-12(23)18-6-9-7-21(4)20-11(9)14(15,16)17/h7,10,22H,5-6,8H2,1-4H3,(H2,18,19,23). The number of hydrogen-bond acceptors (Lipinski definition) is 3. The Morgan fingerprint density at radius 1 is 1.39 bits per heavy atom. The molecule has 1 heterocycles. The number of nitrogens with zero attached hydrogens (tertiary/aromatic N) is 2. The molecule has 0 bridgehead atoms. The number of aromatic nitrogens is 2. The fourth-order valence-corrected chi connectivity index (χ4v) is 2.22. The summed E-state index contributed by atoms with van der Waals surface area (Å²) in [5, 5.41) is 17.5. The van der Waals surface area contributed by atoms with Gasteiger partial charge in [-0.05, 0) is 11.8 Å². The van der Waals surface area contributed by atoms with Crippen LogP contribution in [0, 0.1) is 5.41 Å². The number of halogens is 3. The molecule has 1 aromatic heterocycles. The van der Waals surface area contributed by atoms with Crippen LogP contribution in [0.3, 0.4) is 0 Å². The van der Waals surface area contributed by atoms with E-state index in [1.165, 1.54) is 13.2 Å². The molecule has 0 saturated heterocycles. The number of aliphatic hydroxyl groups excluding tert-OH is 1. The van der Waals surface area contributed by atoms with Crippen LogP contribution in [0.5, 0.6) is 0 Å². The van der Waals surface area contributed by atoms with E-state index in [0.717, 1.165) is 4.68 Å². The Hall–Kier alpha value is -1.77. The average Bonchev–Trinajstić information content (AvgIpc) is 2.75. The first-order valence-corrected chi connectivity index (χ1v) is 7.17. The van der Waals surface area contributed by atoms with Crippen molar-refractivity contribution in [2.24, 2.45) is 12.5 Å². The summed E-state index contributed by atoms with van der Waals surface area (Å²) < 4.78 is 39.4. The third-order valence-corrected chi connectivity index (χ3v) is 3.03. The maximum Gasteiger partial charge on any atom is 0.435 e. The van der Waals surface area contributed by atoms with Crippen LogP contribution < -0.4 is 10.6 Å². The highest BCUT2D eigenvalue weighted by Gasteiger charge is 2.36. The van der Waals surface area contributed by atoms with Crippen molar-refractivity contribution >= 4 is 6.03 Å². The van der Waals surface area contributed by atoms with E-state index < -0.39 is 23.9 Å². The van der Waals surface area contributed by atoms with E-state index in [2.05, 4.69) is 15.7 Å². The Bertz CT molecular complexity index is 535. The Labute approximate surface area is 133 Å². The van der Waals surface area contributed by atoms with Gasteiger partial charge in [0, 0.05) is 25.4 Å². The summed E-state index contributed by atoms with van der Waals surface area (Å²) in [6.07, 6.45) is -2.83. The van der Waals surface area contributed by atoms with Gasteiger partial charge in [0.25, 0.3) is 0 Å². The zero-order valence-electron chi connectivity index (χ0n) is 13.7. The van der Waals surface area contributed by atoms with E-state index in [-0.39, 0.29) is 24.1 Å². The summed E-state index contributed by atoms with van der Waals surface area (Å²) in [5.74, 6) is 0. The third kappa shape index (κ3) is 6.47. The van der Waals surface area contributed by atoms with Gasteiger partial charge in [-0.15, -0.1) is 0 Å². The fourth-order valence-electron chi connectivity index (χ4n) is 2.22. The molecule has 132 valence electrons. The number of rotatable bonds is 5. The highest BCUT2D eigenvalue weighted by atomic mass is 19.4. The monoisotopic (exact) mass is 336 g/mol. The molecule has 3 N–H and O–H groups in total. The molecule has 0 aliphatic heterocycles. The van der Waals surface area contributed by atoms with Crippen LogP contribution in [0.1, 0.15) is 38.4 Å². The Kier molecular flexibility index (Phi) is 6.04. The number of aryl methyl sites for hydroxylation is 1. The third-order valence-electron chi connectivity index (χ3n) is 3.03. The first-order valence-electron chi connectivity index (χ1n) is 7.17. The molecule has 1 rings (SSSR count). The quantitative estimate of drug-likeness (QED) is 0.770. The molecule has 0 aromatic carbocycles. The molecular weight excluding hydrogens is 313 g/mol. The lowest BCUT2D eigenvalue weighted by atomic mass is 9.88. The number of amides is 2. The van der Waals surface area contributed by atoms with E-state index >= 15 is 0 Å². The molecule has 0 fully saturated rings. The summed E-state index contributed by atoms with van der Waals surface area (Å²) in [5.41, 5.74) is -1.24. The largest absolute Gasteiger partial charge is 0.435 e. The normalized spacial score (nSPS) is 13.7. The summed E-state index contributed by atoms with van der Waals surface area (Å²) in [7, 11) is 1.38. The summed E-state index contributed by atoms with van der Waals surface area (Å²) in [6.45, 7) is 5.33. The van der Waals surface area contributed by atoms with Gasteiger partial charge in [0.15, 0.2) is 5.69 Å². The average molecular weight is 336 g/mol. The smallest absolute Gasteiger partial charge is 0.394 e. The minimum Gasteiger partial charge on any atom is -0.394 e. The predicted octanol–water partition coefficient (Wildman–Crippen LogP) is 2.04. The zero-order valence-corrected chi connectivity index (χ0v) is 13.7. The summed E-state index contributed by atoms with van der Waals surface area (Å²) >= 11 is 0. The number of urea groups is 1. The van der Waals surface area contributed by atoms with E-state index in [4.69, 9.17) is 0 Å². The Balaban J connectivity index is 2.63.